The molecule has 2 amide bonds. The number of Topliss-reactive ketones (excluding diaryl/α,β-unsaturated/α-hetero) is 1. The topological polar surface area (TPSA) is 144 Å². The van der Waals surface area contributed by atoms with Crippen LogP contribution in [-0.4, -0.2) is 65.1 Å². The molecule has 10 heteroatoms. The van der Waals surface area contributed by atoms with Gasteiger partial charge in [-0.1, -0.05) is 56.3 Å². The van der Waals surface area contributed by atoms with Crippen LogP contribution >= 0.6 is 0 Å². The van der Waals surface area contributed by atoms with Crippen LogP contribution in [0.15, 0.2) is 54.6 Å². The molecule has 1 aliphatic heterocycles. The van der Waals surface area contributed by atoms with Crippen molar-refractivity contribution < 1.29 is 29.3 Å². The third kappa shape index (κ3) is 7.46. The van der Waals surface area contributed by atoms with Crippen molar-refractivity contribution in [3.8, 4) is 11.8 Å². The van der Waals surface area contributed by atoms with E-state index < -0.39 is 29.7 Å². The second-order valence-electron chi connectivity index (χ2n) is 10.7. The number of hydrogen-bond acceptors (Lipinski definition) is 7. The second-order valence-corrected chi connectivity index (χ2v) is 10.7. The van der Waals surface area contributed by atoms with Crippen LogP contribution in [0.5, 0.6) is 11.8 Å². The Kier molecular flexibility index (Phi) is 9.67. The fourth-order valence-corrected chi connectivity index (χ4v) is 4.99. The number of anilines is 1. The second kappa shape index (κ2) is 13.4. The quantitative estimate of drug-likeness (QED) is 0.225. The number of benzene rings is 2. The number of amides is 2. The molecule has 1 saturated heterocycles. The molecule has 3 aromatic rings. The van der Waals surface area contributed by atoms with Gasteiger partial charge in [-0.2, -0.15) is 0 Å². The van der Waals surface area contributed by atoms with Gasteiger partial charge >= 0.3 is 0 Å². The van der Waals surface area contributed by atoms with Crippen molar-refractivity contribution >= 4 is 23.3 Å². The van der Waals surface area contributed by atoms with Crippen molar-refractivity contribution in [2.75, 3.05) is 31.2 Å². The number of aromatic amines is 1. The van der Waals surface area contributed by atoms with E-state index in [4.69, 9.17) is 4.74 Å². The summed E-state index contributed by atoms with van der Waals surface area (Å²) in [6, 6.07) is 15.5. The fourth-order valence-electron chi connectivity index (χ4n) is 4.99. The number of hydrogen-bond donors (Lipinski definition) is 5. The van der Waals surface area contributed by atoms with E-state index in [9.17, 15) is 24.6 Å². The minimum atomic E-state index is -0.945. The van der Waals surface area contributed by atoms with Crippen molar-refractivity contribution in [1.82, 2.24) is 15.6 Å². The van der Waals surface area contributed by atoms with Crippen molar-refractivity contribution in [3.05, 3.63) is 76.9 Å². The van der Waals surface area contributed by atoms with Crippen molar-refractivity contribution in [3.63, 3.8) is 0 Å². The summed E-state index contributed by atoms with van der Waals surface area (Å²) < 4.78 is 5.41. The zero-order chi connectivity index (χ0) is 29.5. The highest BCUT2D eigenvalue weighted by molar-refractivity contribution is 6.05. The summed E-state index contributed by atoms with van der Waals surface area (Å²) in [5.41, 5.74) is 2.85. The molecule has 2 atom stereocenters. The van der Waals surface area contributed by atoms with Gasteiger partial charge in [0.25, 0.3) is 0 Å². The summed E-state index contributed by atoms with van der Waals surface area (Å²) >= 11 is 0. The predicted molar refractivity (Wildman–Crippen MR) is 155 cm³/mol. The van der Waals surface area contributed by atoms with Crippen LogP contribution in [0.4, 0.5) is 5.69 Å². The van der Waals surface area contributed by atoms with Crippen LogP contribution in [0.2, 0.25) is 0 Å². The first-order valence-electron chi connectivity index (χ1n) is 13.8. The maximum Gasteiger partial charge on any atom is 0.224 e. The van der Waals surface area contributed by atoms with Crippen molar-refractivity contribution in [2.24, 2.45) is 5.92 Å². The third-order valence-corrected chi connectivity index (χ3v) is 7.32. The molecule has 2 heterocycles. The van der Waals surface area contributed by atoms with E-state index in [1.54, 1.807) is 13.8 Å². The molecule has 4 rings (SSSR count). The van der Waals surface area contributed by atoms with Gasteiger partial charge in [0.2, 0.25) is 17.7 Å². The number of morpholine rings is 1. The summed E-state index contributed by atoms with van der Waals surface area (Å²) in [7, 11) is 0. The van der Waals surface area contributed by atoms with Gasteiger partial charge in [-0.15, -0.1) is 0 Å². The lowest BCUT2D eigenvalue weighted by molar-refractivity contribution is -0.123. The Morgan fingerprint density at radius 3 is 2.17 bits per heavy atom. The van der Waals surface area contributed by atoms with Gasteiger partial charge in [0.15, 0.2) is 11.7 Å². The number of H-pyrrole nitrogens is 1. The summed E-state index contributed by atoms with van der Waals surface area (Å²) in [6.07, 6.45) is 0.0581. The number of aromatic hydroxyl groups is 2. The normalized spacial score (nSPS) is 14.9. The molecule has 1 aliphatic rings. The monoisotopic (exact) mass is 562 g/mol. The van der Waals surface area contributed by atoms with Crippen LogP contribution < -0.4 is 15.5 Å². The van der Waals surface area contributed by atoms with E-state index in [1.807, 2.05) is 54.6 Å². The highest BCUT2D eigenvalue weighted by Gasteiger charge is 2.31. The Morgan fingerprint density at radius 2 is 1.59 bits per heavy atom. The molecule has 1 aromatic heterocycles. The van der Waals surface area contributed by atoms with Gasteiger partial charge in [-0.25, -0.2) is 0 Å². The number of ketones is 1. The lowest BCUT2D eigenvalue weighted by atomic mass is 9.93. The third-order valence-electron chi connectivity index (χ3n) is 7.32. The summed E-state index contributed by atoms with van der Waals surface area (Å²) in [4.78, 5) is 44.2. The van der Waals surface area contributed by atoms with Gasteiger partial charge in [0, 0.05) is 24.3 Å². The summed E-state index contributed by atoms with van der Waals surface area (Å²) in [5.74, 6) is -2.23. The number of nitrogens with one attached hydrogen (secondary N) is 3. The molecule has 1 fully saturated rings. The van der Waals surface area contributed by atoms with Gasteiger partial charge in [-0.3, -0.25) is 19.4 Å². The van der Waals surface area contributed by atoms with E-state index in [2.05, 4.69) is 20.5 Å². The minimum absolute atomic E-state index is 0.0611. The fraction of sp³-hybridized carbons (Fsp3) is 0.387. The van der Waals surface area contributed by atoms with E-state index in [0.717, 1.165) is 29.9 Å². The molecule has 0 unspecified atom stereocenters. The van der Waals surface area contributed by atoms with Gasteiger partial charge in [-0.05, 0) is 36.1 Å². The molecular formula is C31H38N4O6. The largest absolute Gasteiger partial charge is 0.494 e. The van der Waals surface area contributed by atoms with E-state index >= 15 is 0 Å². The number of aromatic nitrogens is 1. The first-order chi connectivity index (χ1) is 19.6. The number of ether oxygens (including phenoxy) is 1. The SMILES string of the molecule is Cc1c(O)[nH]c(O)c1C(=O)[C@@H](NC(=O)C[C@H](NC(=O)Cc1ccc(N2CCOCC2)cc1)c1ccccc1)C(C)C. The zero-order valence-electron chi connectivity index (χ0n) is 23.6. The van der Waals surface area contributed by atoms with Crippen LogP contribution in [-0.2, 0) is 20.7 Å². The molecule has 0 saturated carbocycles. The Labute approximate surface area is 239 Å². The first-order valence-corrected chi connectivity index (χ1v) is 13.8. The highest BCUT2D eigenvalue weighted by Crippen LogP contribution is 2.30. The van der Waals surface area contributed by atoms with Gasteiger partial charge < -0.3 is 30.5 Å². The standard InChI is InChI=1S/C31H38N4O6/c1-19(2)28(29(38)27-20(3)30(39)34-31(27)40)33-26(37)18-24(22-7-5-4-6-8-22)32-25(36)17-21-9-11-23(12-10-21)35-13-15-41-16-14-35/h4-12,19,24,28,34,39-40H,13-18H2,1-3H3,(H,32,36)(H,33,37)/t24-,28-/m0/s1. The Balaban J connectivity index is 1.43. The smallest absolute Gasteiger partial charge is 0.224 e. The number of carbonyl (C=O) groups excluding carboxylic acids is 3. The first kappa shape index (κ1) is 29.7. The Bertz CT molecular complexity index is 1350. The van der Waals surface area contributed by atoms with Crippen molar-refractivity contribution in [1.29, 1.82) is 0 Å². The lowest BCUT2D eigenvalue weighted by Gasteiger charge is -2.29. The Morgan fingerprint density at radius 1 is 0.927 bits per heavy atom. The van der Waals surface area contributed by atoms with Crippen molar-refractivity contribution in [2.45, 2.75) is 45.7 Å². The molecule has 0 aliphatic carbocycles. The average Bonchev–Trinajstić information content (AvgIpc) is 3.22. The van der Waals surface area contributed by atoms with Gasteiger partial charge in [0.05, 0.1) is 43.7 Å². The molecular weight excluding hydrogens is 524 g/mol. The van der Waals surface area contributed by atoms with Crippen LogP contribution in [0.25, 0.3) is 0 Å². The zero-order valence-corrected chi connectivity index (χ0v) is 23.6. The molecule has 218 valence electrons. The molecule has 0 radical (unpaired) electrons. The van der Waals surface area contributed by atoms with Crippen LogP contribution in [0, 0.1) is 12.8 Å². The number of rotatable bonds is 11. The molecule has 2 aromatic carbocycles. The highest BCUT2D eigenvalue weighted by atomic mass is 16.5. The van der Waals surface area contributed by atoms with E-state index in [-0.39, 0.29) is 41.7 Å². The maximum atomic E-state index is 13.3. The Hall–Kier alpha value is -4.31. The van der Waals surface area contributed by atoms with Crippen LogP contribution in [0.3, 0.4) is 0 Å². The average molecular weight is 563 g/mol. The minimum Gasteiger partial charge on any atom is -0.494 e. The molecule has 10 nitrogen and oxygen atoms in total. The molecule has 0 spiro atoms. The van der Waals surface area contributed by atoms with E-state index in [1.165, 1.54) is 6.92 Å². The summed E-state index contributed by atoms with van der Waals surface area (Å²) in [5, 5.41) is 25.8. The van der Waals surface area contributed by atoms with E-state index in [0.29, 0.717) is 13.2 Å². The number of carbonyl (C=O) groups is 3. The molecule has 41 heavy (non-hydrogen) atoms. The predicted octanol–water partition coefficient (Wildman–Crippen LogP) is 3.38. The molecule has 0 bridgehead atoms. The number of nitrogens with zero attached hydrogens (tertiary/aromatic N) is 1. The van der Waals surface area contributed by atoms with Crippen LogP contribution in [0.1, 0.15) is 53.4 Å². The van der Waals surface area contributed by atoms with Gasteiger partial charge in [0.1, 0.15) is 0 Å². The molecule has 5 N–H and O–H groups in total. The summed E-state index contributed by atoms with van der Waals surface area (Å²) in [6.45, 7) is 8.13. The lowest BCUT2D eigenvalue weighted by Crippen LogP contribution is -2.45. The maximum absolute atomic E-state index is 13.3.